The Hall–Kier alpha value is -1.63. The number of hydrogen-bond acceptors (Lipinski definition) is 4. The van der Waals surface area contributed by atoms with E-state index in [1.807, 2.05) is 32.2 Å². The molecule has 6 nitrogen and oxygen atoms in total. The van der Waals surface area contributed by atoms with Crippen LogP contribution in [0, 0.1) is 5.41 Å². The lowest BCUT2D eigenvalue weighted by atomic mass is 9.81. The number of rotatable bonds is 6. The molecule has 2 aromatic heterocycles. The van der Waals surface area contributed by atoms with E-state index in [2.05, 4.69) is 15.3 Å². The van der Waals surface area contributed by atoms with Crippen LogP contribution in [0.25, 0.3) is 5.82 Å². The molecule has 0 fully saturated rings. The molecule has 0 bridgehead atoms. The molecule has 8 heteroatoms. The molecule has 128 valence electrons. The Balaban J connectivity index is 0.00000242. The third kappa shape index (κ3) is 4.67. The normalized spacial score (nSPS) is 10.4. The van der Waals surface area contributed by atoms with Crippen LogP contribution in [0.15, 0.2) is 37.1 Å². The Kier molecular flexibility index (Phi) is 8.82. The van der Waals surface area contributed by atoms with Crippen LogP contribution in [0.2, 0.25) is 0 Å². The number of nitrogens with one attached hydrogen (secondary N) is 1. The lowest BCUT2D eigenvalue weighted by molar-refractivity contribution is -0.125. The van der Waals surface area contributed by atoms with Gasteiger partial charge >= 0.3 is 0 Å². The highest BCUT2D eigenvalue weighted by Gasteiger charge is 2.33. The minimum absolute atomic E-state index is 0. The van der Waals surface area contributed by atoms with Gasteiger partial charge in [-0.2, -0.15) is 0 Å². The van der Waals surface area contributed by atoms with Crippen LogP contribution < -0.4 is 11.1 Å². The maximum atomic E-state index is 12.4. The maximum Gasteiger partial charge on any atom is 0.231 e. The van der Waals surface area contributed by atoms with Crippen molar-refractivity contribution in [2.45, 2.75) is 26.7 Å². The summed E-state index contributed by atoms with van der Waals surface area (Å²) in [6.45, 7) is 4.30. The number of pyridine rings is 1. The molecule has 0 saturated carbocycles. The number of hydrogen-bond donors (Lipinski definition) is 2. The predicted molar refractivity (Wildman–Crippen MR) is 96.6 cm³/mol. The van der Waals surface area contributed by atoms with Gasteiger partial charge in [0.2, 0.25) is 5.91 Å². The van der Waals surface area contributed by atoms with E-state index in [-0.39, 0.29) is 30.7 Å². The number of imidazole rings is 1. The summed E-state index contributed by atoms with van der Waals surface area (Å²) in [5.74, 6) is 0.703. The van der Waals surface area contributed by atoms with Crippen LogP contribution in [0.5, 0.6) is 0 Å². The average Bonchev–Trinajstić information content (AvgIpc) is 3.05. The molecule has 2 aromatic rings. The Bertz CT molecular complexity index is 574. The molecule has 0 aliphatic rings. The highest BCUT2D eigenvalue weighted by atomic mass is 35.5. The number of nitrogens with zero attached hydrogens (tertiary/aromatic N) is 3. The van der Waals surface area contributed by atoms with Crippen LogP contribution in [0.4, 0.5) is 5.69 Å². The summed E-state index contributed by atoms with van der Waals surface area (Å²) in [7, 11) is 0. The molecule has 0 atom stereocenters. The van der Waals surface area contributed by atoms with Gasteiger partial charge in [0, 0.05) is 18.9 Å². The SMILES string of the molecule is CCC(CC)(CN)C(=O)Nc1ccc(-n2ccnc2)nc1.Cl.Cl. The lowest BCUT2D eigenvalue weighted by Gasteiger charge is -2.28. The van der Waals surface area contributed by atoms with E-state index < -0.39 is 5.41 Å². The largest absolute Gasteiger partial charge is 0.329 e. The van der Waals surface area contributed by atoms with Crippen molar-refractivity contribution < 1.29 is 4.79 Å². The maximum absolute atomic E-state index is 12.4. The van der Waals surface area contributed by atoms with Gasteiger partial charge in [-0.1, -0.05) is 13.8 Å². The van der Waals surface area contributed by atoms with Gasteiger partial charge in [-0.3, -0.25) is 9.36 Å². The van der Waals surface area contributed by atoms with E-state index in [9.17, 15) is 4.79 Å². The van der Waals surface area contributed by atoms with Gasteiger partial charge < -0.3 is 11.1 Å². The minimum Gasteiger partial charge on any atom is -0.329 e. The van der Waals surface area contributed by atoms with Crippen molar-refractivity contribution >= 4 is 36.4 Å². The number of carbonyl (C=O) groups excluding carboxylic acids is 1. The summed E-state index contributed by atoms with van der Waals surface area (Å²) in [5, 5.41) is 2.90. The fourth-order valence-electron chi connectivity index (χ4n) is 2.22. The summed E-state index contributed by atoms with van der Waals surface area (Å²) >= 11 is 0. The first-order valence-electron chi connectivity index (χ1n) is 7.11. The molecule has 0 unspecified atom stereocenters. The fraction of sp³-hybridized carbons (Fsp3) is 0.400. The van der Waals surface area contributed by atoms with Crippen molar-refractivity contribution in [2.75, 3.05) is 11.9 Å². The second-order valence-corrected chi connectivity index (χ2v) is 5.02. The van der Waals surface area contributed by atoms with Gasteiger partial charge in [0.25, 0.3) is 0 Å². The number of nitrogens with two attached hydrogens (primary N) is 1. The van der Waals surface area contributed by atoms with Gasteiger partial charge in [-0.05, 0) is 25.0 Å². The predicted octanol–water partition coefficient (Wildman–Crippen LogP) is 2.81. The first-order valence-corrected chi connectivity index (χ1v) is 7.11. The van der Waals surface area contributed by atoms with Crippen LogP contribution in [-0.4, -0.2) is 27.0 Å². The van der Waals surface area contributed by atoms with Crippen molar-refractivity contribution in [2.24, 2.45) is 11.1 Å². The monoisotopic (exact) mass is 359 g/mol. The van der Waals surface area contributed by atoms with Crippen LogP contribution >= 0.6 is 24.8 Å². The van der Waals surface area contributed by atoms with E-state index in [1.54, 1.807) is 23.3 Å². The van der Waals surface area contributed by atoms with E-state index in [1.165, 1.54) is 0 Å². The second kappa shape index (κ2) is 9.50. The van der Waals surface area contributed by atoms with E-state index >= 15 is 0 Å². The Morgan fingerprint density at radius 1 is 1.30 bits per heavy atom. The zero-order valence-corrected chi connectivity index (χ0v) is 14.9. The van der Waals surface area contributed by atoms with Gasteiger partial charge in [0.1, 0.15) is 12.1 Å². The van der Waals surface area contributed by atoms with Crippen LogP contribution in [0.1, 0.15) is 26.7 Å². The van der Waals surface area contributed by atoms with Crippen molar-refractivity contribution in [1.82, 2.24) is 14.5 Å². The average molecular weight is 360 g/mol. The van der Waals surface area contributed by atoms with Crippen molar-refractivity contribution in [1.29, 1.82) is 0 Å². The summed E-state index contributed by atoms with van der Waals surface area (Å²) in [6, 6.07) is 3.66. The lowest BCUT2D eigenvalue weighted by Crippen LogP contribution is -2.41. The van der Waals surface area contributed by atoms with Gasteiger partial charge in [-0.25, -0.2) is 9.97 Å². The Labute approximate surface area is 148 Å². The Morgan fingerprint density at radius 2 is 2.00 bits per heavy atom. The Morgan fingerprint density at radius 3 is 2.43 bits per heavy atom. The molecule has 0 aliphatic heterocycles. The molecular formula is C15H23Cl2N5O. The molecule has 0 radical (unpaired) electrons. The number of halogens is 2. The smallest absolute Gasteiger partial charge is 0.231 e. The van der Waals surface area contributed by atoms with Crippen LogP contribution in [-0.2, 0) is 4.79 Å². The first kappa shape index (κ1) is 21.4. The van der Waals surface area contributed by atoms with Crippen molar-refractivity contribution in [3.63, 3.8) is 0 Å². The molecule has 23 heavy (non-hydrogen) atoms. The van der Waals surface area contributed by atoms with E-state index in [0.717, 1.165) is 5.82 Å². The fourth-order valence-corrected chi connectivity index (χ4v) is 2.22. The van der Waals surface area contributed by atoms with Crippen molar-refractivity contribution in [3.8, 4) is 5.82 Å². The number of carbonyl (C=O) groups is 1. The molecule has 0 saturated heterocycles. The van der Waals surface area contributed by atoms with Crippen molar-refractivity contribution in [3.05, 3.63) is 37.1 Å². The molecule has 2 rings (SSSR count). The molecule has 2 heterocycles. The molecule has 0 spiro atoms. The molecule has 0 aromatic carbocycles. The number of aromatic nitrogens is 3. The standard InChI is InChI=1S/C15H21N5O.2ClH/c1-3-15(4-2,10-16)14(21)19-12-5-6-13(18-9-12)20-8-7-17-11-20;;/h5-9,11H,3-4,10,16H2,1-2H3,(H,19,21);2*1H. The number of anilines is 1. The minimum atomic E-state index is -0.511. The highest BCUT2D eigenvalue weighted by molar-refractivity contribution is 5.95. The molecule has 3 N–H and O–H groups in total. The van der Waals surface area contributed by atoms with Gasteiger partial charge in [-0.15, -0.1) is 24.8 Å². The van der Waals surface area contributed by atoms with E-state index in [4.69, 9.17) is 5.73 Å². The number of amides is 1. The third-order valence-corrected chi connectivity index (χ3v) is 4.00. The van der Waals surface area contributed by atoms with Crippen LogP contribution in [0.3, 0.4) is 0 Å². The summed E-state index contributed by atoms with van der Waals surface area (Å²) in [6.07, 6.45) is 8.25. The quantitative estimate of drug-likeness (QED) is 0.830. The second-order valence-electron chi connectivity index (χ2n) is 5.02. The zero-order valence-electron chi connectivity index (χ0n) is 13.2. The topological polar surface area (TPSA) is 85.8 Å². The van der Waals surface area contributed by atoms with Gasteiger partial charge in [0.05, 0.1) is 17.3 Å². The van der Waals surface area contributed by atoms with E-state index in [0.29, 0.717) is 25.1 Å². The molecule has 0 aliphatic carbocycles. The summed E-state index contributed by atoms with van der Waals surface area (Å²) < 4.78 is 1.80. The first-order chi connectivity index (χ1) is 10.1. The van der Waals surface area contributed by atoms with Gasteiger partial charge in [0.15, 0.2) is 0 Å². The third-order valence-electron chi connectivity index (χ3n) is 4.00. The molecular weight excluding hydrogens is 337 g/mol. The molecule has 1 amide bonds. The highest BCUT2D eigenvalue weighted by Crippen LogP contribution is 2.26. The zero-order chi connectivity index (χ0) is 15.3. The summed E-state index contributed by atoms with van der Waals surface area (Å²) in [4.78, 5) is 20.7. The summed E-state index contributed by atoms with van der Waals surface area (Å²) in [5.41, 5.74) is 5.94.